The summed E-state index contributed by atoms with van der Waals surface area (Å²) in [5, 5.41) is 9.43. The van der Waals surface area contributed by atoms with Gasteiger partial charge in [0.1, 0.15) is 5.56 Å². The Labute approximate surface area is 93.1 Å². The van der Waals surface area contributed by atoms with Crippen molar-refractivity contribution in [3.05, 3.63) is 44.6 Å². The third kappa shape index (κ3) is 1.85. The van der Waals surface area contributed by atoms with Crippen molar-refractivity contribution in [2.24, 2.45) is 0 Å². The molecule has 0 bridgehead atoms. The summed E-state index contributed by atoms with van der Waals surface area (Å²) in [6.07, 6.45) is 3.12. The first-order chi connectivity index (χ1) is 7.99. The quantitative estimate of drug-likeness (QED) is 0.419. The molecule has 7 heteroatoms. The van der Waals surface area contributed by atoms with E-state index in [1.165, 1.54) is 6.08 Å². The molecule has 0 radical (unpaired) electrons. The van der Waals surface area contributed by atoms with E-state index in [4.69, 9.17) is 0 Å². The van der Waals surface area contributed by atoms with E-state index in [1.54, 1.807) is 0 Å². The molecule has 0 unspecified atom stereocenters. The Morgan fingerprint density at radius 3 is 2.24 bits per heavy atom. The van der Waals surface area contributed by atoms with Gasteiger partial charge in [0.05, 0.1) is 0 Å². The molecular weight excluding hydrogens is 228 g/mol. The molecule has 0 aliphatic heterocycles. The summed E-state index contributed by atoms with van der Waals surface area (Å²) < 4.78 is 0. The van der Waals surface area contributed by atoms with Crippen molar-refractivity contribution < 1.29 is 14.7 Å². The number of carbonyl (C=O) groups excluding carboxylic acids is 2. The van der Waals surface area contributed by atoms with E-state index < -0.39 is 28.7 Å². The minimum Gasteiger partial charge on any atom is -0.494 e. The van der Waals surface area contributed by atoms with Crippen LogP contribution in [0.2, 0.25) is 0 Å². The Morgan fingerprint density at radius 1 is 0.941 bits per heavy atom. The topological polar surface area (TPSA) is 120 Å². The molecule has 1 aromatic heterocycles. The first-order valence-corrected chi connectivity index (χ1v) is 4.53. The number of H-pyrrole nitrogens is 2. The third-order valence-electron chi connectivity index (χ3n) is 2.16. The lowest BCUT2D eigenvalue weighted by Crippen LogP contribution is -2.25. The van der Waals surface area contributed by atoms with Crippen LogP contribution < -0.4 is 11.2 Å². The number of allylic oxidation sites excluding steroid dienone is 4. The van der Waals surface area contributed by atoms with Gasteiger partial charge in [-0.15, -0.1) is 0 Å². The number of aromatic nitrogens is 2. The van der Waals surface area contributed by atoms with Crippen LogP contribution in [-0.4, -0.2) is 26.6 Å². The summed E-state index contributed by atoms with van der Waals surface area (Å²) >= 11 is 0. The van der Waals surface area contributed by atoms with Gasteiger partial charge in [-0.05, 0) is 23.8 Å². The van der Waals surface area contributed by atoms with Crippen LogP contribution in [0.15, 0.2) is 27.8 Å². The second-order valence-electron chi connectivity index (χ2n) is 3.29. The molecule has 0 saturated heterocycles. The third-order valence-corrected chi connectivity index (χ3v) is 2.16. The Bertz CT molecular complexity index is 689. The van der Waals surface area contributed by atoms with E-state index in [0.29, 0.717) is 0 Å². The number of rotatable bonds is 1. The number of aromatic amines is 2. The predicted octanol–water partition coefficient (Wildman–Crippen LogP) is -1.14. The van der Waals surface area contributed by atoms with Crippen LogP contribution in [0.25, 0.3) is 5.57 Å². The van der Waals surface area contributed by atoms with E-state index in [1.807, 2.05) is 9.97 Å². The fourth-order valence-electron chi connectivity index (χ4n) is 1.41. The van der Waals surface area contributed by atoms with Gasteiger partial charge >= 0.3 is 5.69 Å². The second kappa shape index (κ2) is 3.71. The van der Waals surface area contributed by atoms with Crippen molar-refractivity contribution in [2.45, 2.75) is 0 Å². The molecular formula is C10H6N2O5. The van der Waals surface area contributed by atoms with E-state index in [2.05, 4.69) is 0 Å². The van der Waals surface area contributed by atoms with Gasteiger partial charge in [-0.3, -0.25) is 24.4 Å². The molecule has 3 N–H and O–H groups in total. The normalized spacial score (nSPS) is 14.9. The van der Waals surface area contributed by atoms with Crippen molar-refractivity contribution in [2.75, 3.05) is 0 Å². The van der Waals surface area contributed by atoms with E-state index in [9.17, 15) is 24.3 Å². The second-order valence-corrected chi connectivity index (χ2v) is 3.29. The molecule has 17 heavy (non-hydrogen) atoms. The van der Waals surface area contributed by atoms with Crippen LogP contribution in [-0.2, 0) is 9.59 Å². The predicted molar refractivity (Wildman–Crippen MR) is 56.5 cm³/mol. The van der Waals surface area contributed by atoms with Gasteiger partial charge in [0.15, 0.2) is 0 Å². The fraction of sp³-hybridized carbons (Fsp3) is 0. The molecule has 1 aliphatic rings. The van der Waals surface area contributed by atoms with Gasteiger partial charge in [0, 0.05) is 0 Å². The molecule has 0 spiro atoms. The Balaban J connectivity index is 2.65. The van der Waals surface area contributed by atoms with Gasteiger partial charge in [0.25, 0.3) is 5.56 Å². The summed E-state index contributed by atoms with van der Waals surface area (Å²) in [6.45, 7) is 0. The van der Waals surface area contributed by atoms with Gasteiger partial charge in [-0.1, -0.05) is 0 Å². The Morgan fingerprint density at radius 2 is 1.65 bits per heavy atom. The van der Waals surface area contributed by atoms with Crippen LogP contribution in [0.1, 0.15) is 5.56 Å². The van der Waals surface area contributed by atoms with Crippen molar-refractivity contribution in [3.63, 3.8) is 0 Å². The number of carbonyl (C=O) groups is 2. The molecule has 0 amide bonds. The van der Waals surface area contributed by atoms with Crippen LogP contribution in [0.5, 0.6) is 5.88 Å². The van der Waals surface area contributed by atoms with Gasteiger partial charge < -0.3 is 5.11 Å². The first-order valence-electron chi connectivity index (χ1n) is 4.53. The first kappa shape index (κ1) is 10.8. The zero-order valence-corrected chi connectivity index (χ0v) is 8.31. The number of hydrogen-bond donors (Lipinski definition) is 3. The molecule has 7 nitrogen and oxygen atoms in total. The van der Waals surface area contributed by atoms with Crippen molar-refractivity contribution in [1.29, 1.82) is 0 Å². The maximum atomic E-state index is 11.4. The van der Waals surface area contributed by atoms with Crippen molar-refractivity contribution >= 4 is 17.1 Å². The largest absolute Gasteiger partial charge is 0.494 e. The van der Waals surface area contributed by atoms with E-state index in [0.717, 1.165) is 12.2 Å². The number of hydrogen-bond acceptors (Lipinski definition) is 5. The zero-order valence-electron chi connectivity index (χ0n) is 8.31. The lowest BCUT2D eigenvalue weighted by atomic mass is 10.00. The molecule has 0 fully saturated rings. The highest BCUT2D eigenvalue weighted by Crippen LogP contribution is 2.20. The number of ketones is 2. The average molecular weight is 234 g/mol. The lowest BCUT2D eigenvalue weighted by Gasteiger charge is -2.05. The summed E-state index contributed by atoms with van der Waals surface area (Å²) in [7, 11) is 0. The molecule has 0 aromatic carbocycles. The highest BCUT2D eigenvalue weighted by Gasteiger charge is 2.19. The maximum Gasteiger partial charge on any atom is 0.328 e. The van der Waals surface area contributed by atoms with Crippen LogP contribution >= 0.6 is 0 Å². The smallest absolute Gasteiger partial charge is 0.328 e. The Hall–Kier alpha value is -2.70. The molecule has 0 saturated carbocycles. The molecule has 1 heterocycles. The van der Waals surface area contributed by atoms with Gasteiger partial charge in [-0.25, -0.2) is 4.79 Å². The molecule has 2 rings (SSSR count). The number of aromatic hydroxyl groups is 1. The highest BCUT2D eigenvalue weighted by atomic mass is 16.3. The van der Waals surface area contributed by atoms with Crippen molar-refractivity contribution in [1.82, 2.24) is 9.97 Å². The monoisotopic (exact) mass is 234 g/mol. The SMILES string of the molecule is O=C1C=CC(c2c(O)[nH]c(=O)[nH]c2=O)=CC1=O. The fourth-order valence-corrected chi connectivity index (χ4v) is 1.41. The molecule has 86 valence electrons. The average Bonchev–Trinajstić information content (AvgIpc) is 2.21. The van der Waals surface area contributed by atoms with Crippen molar-refractivity contribution in [3.8, 4) is 5.88 Å². The maximum absolute atomic E-state index is 11.4. The molecule has 1 aliphatic carbocycles. The van der Waals surface area contributed by atoms with Gasteiger partial charge in [-0.2, -0.15) is 0 Å². The summed E-state index contributed by atoms with van der Waals surface area (Å²) in [6, 6.07) is 0. The standard InChI is InChI=1S/C10H6N2O5/c13-5-2-1-4(3-6(5)14)7-8(15)11-10(17)12-9(7)16/h1-3H,(H3,11,12,15,16,17). The van der Waals surface area contributed by atoms with Crippen LogP contribution in [0.4, 0.5) is 0 Å². The summed E-state index contributed by atoms with van der Waals surface area (Å²) in [5.74, 6) is -2.17. The molecule has 1 aromatic rings. The summed E-state index contributed by atoms with van der Waals surface area (Å²) in [4.78, 5) is 48.2. The zero-order chi connectivity index (χ0) is 12.6. The molecule has 0 atom stereocenters. The minimum atomic E-state index is -0.862. The van der Waals surface area contributed by atoms with E-state index >= 15 is 0 Å². The van der Waals surface area contributed by atoms with Crippen LogP contribution in [0.3, 0.4) is 0 Å². The van der Waals surface area contributed by atoms with E-state index in [-0.39, 0.29) is 11.1 Å². The number of nitrogens with one attached hydrogen (secondary N) is 2. The van der Waals surface area contributed by atoms with Gasteiger partial charge in [0.2, 0.25) is 17.4 Å². The minimum absolute atomic E-state index is 0.0598. The highest BCUT2D eigenvalue weighted by molar-refractivity contribution is 6.48. The summed E-state index contributed by atoms with van der Waals surface area (Å²) in [5.41, 5.74) is -1.91. The van der Waals surface area contributed by atoms with Crippen LogP contribution in [0, 0.1) is 0 Å². The Kier molecular flexibility index (Phi) is 2.36. The lowest BCUT2D eigenvalue weighted by molar-refractivity contribution is -0.131.